The minimum atomic E-state index is -0.442. The summed E-state index contributed by atoms with van der Waals surface area (Å²) in [5.41, 5.74) is 1.23. The van der Waals surface area contributed by atoms with Crippen LogP contribution in [0.25, 0.3) is 0 Å². The Bertz CT molecular complexity index is 778. The molecule has 1 heterocycles. The van der Waals surface area contributed by atoms with Crippen molar-refractivity contribution in [1.82, 2.24) is 10.2 Å². The van der Waals surface area contributed by atoms with Crippen molar-refractivity contribution in [3.63, 3.8) is 0 Å². The van der Waals surface area contributed by atoms with E-state index in [0.29, 0.717) is 5.75 Å². The molecule has 0 spiro atoms. The van der Waals surface area contributed by atoms with Crippen LogP contribution in [0.4, 0.5) is 4.39 Å². The molecular weight excluding hydrogens is 390 g/mol. The Morgan fingerprint density at radius 3 is 2.52 bits per heavy atom. The van der Waals surface area contributed by atoms with Gasteiger partial charge < -0.3 is 10.1 Å². The van der Waals surface area contributed by atoms with Gasteiger partial charge in [-0.05, 0) is 48.7 Å². The lowest BCUT2D eigenvalue weighted by Gasteiger charge is -2.32. The van der Waals surface area contributed by atoms with Crippen molar-refractivity contribution in [2.45, 2.75) is 25.4 Å². The molecule has 1 amide bonds. The summed E-state index contributed by atoms with van der Waals surface area (Å²) in [7, 11) is 0. The lowest BCUT2D eigenvalue weighted by molar-refractivity contribution is -0.124. The summed E-state index contributed by atoms with van der Waals surface area (Å²) in [5.74, 6) is -0.347. The minimum absolute atomic E-state index is 0.131. The highest BCUT2D eigenvalue weighted by molar-refractivity contribution is 6.32. The van der Waals surface area contributed by atoms with Crippen LogP contribution in [0.5, 0.6) is 5.75 Å². The van der Waals surface area contributed by atoms with Crippen molar-refractivity contribution in [3.05, 3.63) is 63.9 Å². The maximum absolute atomic E-state index is 13.0. The number of carbonyl (C=O) groups excluding carboxylic acids is 1. The van der Waals surface area contributed by atoms with E-state index in [1.54, 1.807) is 0 Å². The third kappa shape index (κ3) is 6.09. The van der Waals surface area contributed by atoms with Gasteiger partial charge in [-0.3, -0.25) is 9.69 Å². The number of nitrogens with zero attached hydrogens (tertiary/aromatic N) is 1. The topological polar surface area (TPSA) is 41.6 Å². The zero-order chi connectivity index (χ0) is 19.2. The zero-order valence-electron chi connectivity index (χ0n) is 14.8. The molecule has 7 heteroatoms. The molecule has 0 aliphatic carbocycles. The predicted octanol–water partition coefficient (Wildman–Crippen LogP) is 4.29. The van der Waals surface area contributed by atoms with E-state index in [2.05, 4.69) is 10.2 Å². The number of hydrogen-bond donors (Lipinski definition) is 1. The number of benzene rings is 2. The maximum Gasteiger partial charge on any atom is 0.258 e. The normalized spacial score (nSPS) is 15.5. The summed E-state index contributed by atoms with van der Waals surface area (Å²) >= 11 is 11.8. The van der Waals surface area contributed by atoms with Gasteiger partial charge >= 0.3 is 0 Å². The predicted molar refractivity (Wildman–Crippen MR) is 105 cm³/mol. The Balaban J connectivity index is 1.39. The van der Waals surface area contributed by atoms with Crippen molar-refractivity contribution in [1.29, 1.82) is 0 Å². The Hall–Kier alpha value is -1.82. The molecule has 2 aromatic rings. The van der Waals surface area contributed by atoms with Crippen molar-refractivity contribution in [2.75, 3.05) is 19.7 Å². The van der Waals surface area contributed by atoms with Crippen molar-refractivity contribution in [3.8, 4) is 5.75 Å². The van der Waals surface area contributed by atoms with Gasteiger partial charge in [-0.2, -0.15) is 0 Å². The lowest BCUT2D eigenvalue weighted by atomic mass is 10.0. The second kappa shape index (κ2) is 9.40. The van der Waals surface area contributed by atoms with E-state index in [4.69, 9.17) is 27.9 Å². The molecule has 0 atom stereocenters. The first-order valence-electron chi connectivity index (χ1n) is 8.83. The lowest BCUT2D eigenvalue weighted by Crippen LogP contribution is -2.45. The molecule has 3 rings (SSSR count). The number of carbonyl (C=O) groups is 1. The largest absolute Gasteiger partial charge is 0.482 e. The van der Waals surface area contributed by atoms with Crippen LogP contribution in [0, 0.1) is 5.82 Å². The highest BCUT2D eigenvalue weighted by Crippen LogP contribution is 2.24. The molecule has 1 aliphatic rings. The molecule has 0 radical (unpaired) electrons. The SMILES string of the molecule is O=C(COc1ccc(F)cc1Cl)NC1CCN(Cc2ccc(Cl)cc2)CC1. The highest BCUT2D eigenvalue weighted by atomic mass is 35.5. The van der Waals surface area contributed by atoms with Crippen LogP contribution in [-0.4, -0.2) is 36.5 Å². The molecule has 0 aromatic heterocycles. The molecule has 0 saturated carbocycles. The summed E-state index contributed by atoms with van der Waals surface area (Å²) in [6.07, 6.45) is 1.77. The summed E-state index contributed by atoms with van der Waals surface area (Å²) < 4.78 is 18.4. The van der Waals surface area contributed by atoms with Crippen molar-refractivity contribution in [2.24, 2.45) is 0 Å². The van der Waals surface area contributed by atoms with E-state index >= 15 is 0 Å². The number of rotatable bonds is 6. The van der Waals surface area contributed by atoms with Crippen LogP contribution in [0.3, 0.4) is 0 Å². The smallest absolute Gasteiger partial charge is 0.258 e. The van der Waals surface area contributed by atoms with Crippen LogP contribution in [0.1, 0.15) is 18.4 Å². The fourth-order valence-electron chi connectivity index (χ4n) is 3.09. The first-order valence-corrected chi connectivity index (χ1v) is 9.59. The number of ether oxygens (including phenoxy) is 1. The van der Waals surface area contributed by atoms with Crippen molar-refractivity contribution < 1.29 is 13.9 Å². The molecule has 0 bridgehead atoms. The van der Waals surface area contributed by atoms with Crippen LogP contribution < -0.4 is 10.1 Å². The third-order valence-corrected chi connectivity index (χ3v) is 5.07. The molecule has 1 aliphatic heterocycles. The third-order valence-electron chi connectivity index (χ3n) is 4.52. The monoisotopic (exact) mass is 410 g/mol. The second-order valence-electron chi connectivity index (χ2n) is 6.61. The molecular formula is C20H21Cl2FN2O2. The number of amides is 1. The Morgan fingerprint density at radius 1 is 1.15 bits per heavy atom. The number of likely N-dealkylation sites (tertiary alicyclic amines) is 1. The second-order valence-corrected chi connectivity index (χ2v) is 7.45. The number of halogens is 3. The average Bonchev–Trinajstić information content (AvgIpc) is 2.64. The highest BCUT2D eigenvalue weighted by Gasteiger charge is 2.21. The molecule has 4 nitrogen and oxygen atoms in total. The van der Waals surface area contributed by atoms with E-state index in [-0.39, 0.29) is 23.6 Å². The molecule has 1 fully saturated rings. The summed E-state index contributed by atoms with van der Waals surface area (Å²) in [4.78, 5) is 14.4. The first-order chi connectivity index (χ1) is 13.0. The number of hydrogen-bond acceptors (Lipinski definition) is 3. The van der Waals surface area contributed by atoms with Gasteiger partial charge in [0.05, 0.1) is 5.02 Å². The van der Waals surface area contributed by atoms with Gasteiger partial charge in [-0.1, -0.05) is 35.3 Å². The quantitative estimate of drug-likeness (QED) is 0.771. The van der Waals surface area contributed by atoms with Gasteiger partial charge in [0.25, 0.3) is 5.91 Å². The van der Waals surface area contributed by atoms with E-state index in [9.17, 15) is 9.18 Å². The summed E-state index contributed by atoms with van der Waals surface area (Å²) in [6.45, 7) is 2.57. The summed E-state index contributed by atoms with van der Waals surface area (Å²) in [6, 6.07) is 11.8. The fourth-order valence-corrected chi connectivity index (χ4v) is 3.44. The van der Waals surface area contributed by atoms with Gasteiger partial charge in [-0.15, -0.1) is 0 Å². The van der Waals surface area contributed by atoms with E-state index in [1.807, 2.05) is 24.3 Å². The molecule has 2 aromatic carbocycles. The molecule has 0 unspecified atom stereocenters. The fraction of sp³-hybridized carbons (Fsp3) is 0.350. The standard InChI is InChI=1S/C20H21Cl2FN2O2/c21-15-3-1-14(2-4-15)12-25-9-7-17(8-10-25)24-20(26)13-27-19-6-5-16(23)11-18(19)22/h1-6,11,17H,7-10,12-13H2,(H,24,26). The van der Waals surface area contributed by atoms with Gasteiger partial charge in [0.1, 0.15) is 11.6 Å². The first kappa shape index (κ1) is 19.9. The Morgan fingerprint density at radius 2 is 1.85 bits per heavy atom. The van der Waals surface area contributed by atoms with Crippen LogP contribution in [-0.2, 0) is 11.3 Å². The Labute approximate surface area is 168 Å². The van der Waals surface area contributed by atoms with Crippen LogP contribution in [0.15, 0.2) is 42.5 Å². The Kier molecular flexibility index (Phi) is 6.94. The van der Waals surface area contributed by atoms with Gasteiger partial charge in [0, 0.05) is 30.7 Å². The minimum Gasteiger partial charge on any atom is -0.482 e. The zero-order valence-corrected chi connectivity index (χ0v) is 16.3. The molecule has 27 heavy (non-hydrogen) atoms. The molecule has 144 valence electrons. The van der Waals surface area contributed by atoms with Gasteiger partial charge in [0.2, 0.25) is 0 Å². The average molecular weight is 411 g/mol. The number of nitrogens with one attached hydrogen (secondary N) is 1. The van der Waals surface area contributed by atoms with E-state index in [1.165, 1.54) is 17.7 Å². The number of piperidine rings is 1. The van der Waals surface area contributed by atoms with Crippen LogP contribution in [0.2, 0.25) is 10.0 Å². The van der Waals surface area contributed by atoms with Gasteiger partial charge in [0.15, 0.2) is 6.61 Å². The van der Waals surface area contributed by atoms with E-state index < -0.39 is 5.82 Å². The van der Waals surface area contributed by atoms with Gasteiger partial charge in [-0.25, -0.2) is 4.39 Å². The van der Waals surface area contributed by atoms with E-state index in [0.717, 1.165) is 43.6 Å². The summed E-state index contributed by atoms with van der Waals surface area (Å²) in [5, 5.41) is 3.88. The van der Waals surface area contributed by atoms with Crippen molar-refractivity contribution >= 4 is 29.1 Å². The molecule has 1 N–H and O–H groups in total. The maximum atomic E-state index is 13.0. The molecule has 1 saturated heterocycles. The van der Waals surface area contributed by atoms with Crippen LogP contribution >= 0.6 is 23.2 Å².